The zero-order valence-corrected chi connectivity index (χ0v) is 16.4. The molecule has 1 saturated heterocycles. The number of hydrogen-bond donors (Lipinski definition) is 2. The van der Waals surface area contributed by atoms with Gasteiger partial charge in [0.05, 0.1) is 18.7 Å². The molecule has 1 aliphatic rings. The van der Waals surface area contributed by atoms with E-state index in [1.807, 2.05) is 35.2 Å². The van der Waals surface area contributed by atoms with Crippen LogP contribution in [0.25, 0.3) is 0 Å². The number of rotatable bonds is 8. The summed E-state index contributed by atoms with van der Waals surface area (Å²) < 4.78 is 5.54. The quantitative estimate of drug-likeness (QED) is 0.666. The smallest absolute Gasteiger partial charge is 0.255 e. The van der Waals surface area contributed by atoms with Crippen LogP contribution < -0.4 is 15.4 Å². The van der Waals surface area contributed by atoms with Gasteiger partial charge in [0.2, 0.25) is 5.91 Å². The van der Waals surface area contributed by atoms with Crippen LogP contribution in [0.15, 0.2) is 48.5 Å². The average molecular weight is 402 g/mol. The molecule has 0 unspecified atom stereocenters. The lowest BCUT2D eigenvalue weighted by atomic mass is 10.1. The fourth-order valence-corrected chi connectivity index (χ4v) is 3.23. The zero-order valence-electron chi connectivity index (χ0n) is 15.6. The van der Waals surface area contributed by atoms with Crippen molar-refractivity contribution in [2.24, 2.45) is 0 Å². The lowest BCUT2D eigenvalue weighted by molar-refractivity contribution is -0.119. The van der Waals surface area contributed by atoms with Gasteiger partial charge in [-0.2, -0.15) is 0 Å². The Morgan fingerprint density at radius 2 is 1.82 bits per heavy atom. The van der Waals surface area contributed by atoms with Gasteiger partial charge in [0.15, 0.2) is 0 Å². The number of hydrogen-bond acceptors (Lipinski definition) is 4. The Bertz CT molecular complexity index is 808. The molecule has 7 heteroatoms. The van der Waals surface area contributed by atoms with E-state index in [-0.39, 0.29) is 18.4 Å². The van der Waals surface area contributed by atoms with E-state index in [0.717, 1.165) is 31.7 Å². The van der Waals surface area contributed by atoms with E-state index in [4.69, 9.17) is 16.3 Å². The highest BCUT2D eigenvalue weighted by Gasteiger charge is 2.22. The summed E-state index contributed by atoms with van der Waals surface area (Å²) in [5.41, 5.74) is 1.10. The van der Waals surface area contributed by atoms with Gasteiger partial charge in [-0.3, -0.25) is 9.59 Å². The van der Waals surface area contributed by atoms with E-state index in [1.54, 1.807) is 18.2 Å². The van der Waals surface area contributed by atoms with Crippen LogP contribution in [-0.4, -0.2) is 49.5 Å². The molecule has 0 radical (unpaired) electrons. The molecule has 148 valence electrons. The molecule has 0 bridgehead atoms. The topological polar surface area (TPSA) is 70.7 Å². The molecule has 0 aliphatic carbocycles. The van der Waals surface area contributed by atoms with Gasteiger partial charge in [0, 0.05) is 23.8 Å². The summed E-state index contributed by atoms with van der Waals surface area (Å²) in [6.45, 7) is 2.35. The molecule has 0 saturated carbocycles. The number of likely N-dealkylation sites (tertiary alicyclic amines) is 1. The first-order chi connectivity index (χ1) is 13.6. The Balaban J connectivity index is 1.48. The highest BCUT2D eigenvalue weighted by molar-refractivity contribution is 6.31. The van der Waals surface area contributed by atoms with Crippen molar-refractivity contribution in [1.82, 2.24) is 10.2 Å². The van der Waals surface area contributed by atoms with Gasteiger partial charge in [0.25, 0.3) is 5.91 Å². The van der Waals surface area contributed by atoms with E-state index in [2.05, 4.69) is 10.6 Å². The molecule has 2 aromatic rings. The lowest BCUT2D eigenvalue weighted by Crippen LogP contribution is -2.33. The van der Waals surface area contributed by atoms with E-state index in [0.29, 0.717) is 29.4 Å². The predicted octanol–water partition coefficient (Wildman–Crippen LogP) is 3.18. The molecule has 0 atom stereocenters. The second-order valence-electron chi connectivity index (χ2n) is 6.55. The molecule has 2 amide bonds. The standard InChI is InChI=1S/C21H24ClN3O3/c22-16-8-9-18(21(27)25-11-4-5-12-25)19(14-16)24-15-20(26)23-10-13-28-17-6-2-1-3-7-17/h1-3,6-9,14,24H,4-5,10-13,15H2,(H,23,26). The lowest BCUT2D eigenvalue weighted by Gasteiger charge is -2.18. The van der Waals surface area contributed by atoms with Crippen molar-refractivity contribution in [2.75, 3.05) is 38.1 Å². The number of benzene rings is 2. The third-order valence-corrected chi connectivity index (χ3v) is 4.72. The number of carbonyl (C=O) groups is 2. The molecule has 6 nitrogen and oxygen atoms in total. The van der Waals surface area contributed by atoms with Gasteiger partial charge < -0.3 is 20.3 Å². The molecule has 0 aromatic heterocycles. The van der Waals surface area contributed by atoms with Gasteiger partial charge in [-0.15, -0.1) is 0 Å². The van der Waals surface area contributed by atoms with Gasteiger partial charge in [0.1, 0.15) is 12.4 Å². The van der Waals surface area contributed by atoms with Crippen LogP contribution in [0.5, 0.6) is 5.75 Å². The molecular weight excluding hydrogens is 378 g/mol. The maximum Gasteiger partial charge on any atom is 0.255 e. The molecule has 2 aromatic carbocycles. The summed E-state index contributed by atoms with van der Waals surface area (Å²) in [4.78, 5) is 26.6. The molecule has 3 rings (SSSR count). The van der Waals surface area contributed by atoms with E-state index < -0.39 is 0 Å². The maximum absolute atomic E-state index is 12.7. The van der Waals surface area contributed by atoms with Crippen LogP contribution in [0.2, 0.25) is 5.02 Å². The van der Waals surface area contributed by atoms with Gasteiger partial charge in [-0.1, -0.05) is 29.8 Å². The largest absolute Gasteiger partial charge is 0.492 e. The normalized spacial score (nSPS) is 13.2. The minimum Gasteiger partial charge on any atom is -0.492 e. The number of anilines is 1. The van der Waals surface area contributed by atoms with Crippen molar-refractivity contribution >= 4 is 29.1 Å². The molecule has 0 spiro atoms. The molecule has 1 heterocycles. The average Bonchev–Trinajstić information content (AvgIpc) is 3.25. The Labute approximate surface area is 169 Å². The molecule has 28 heavy (non-hydrogen) atoms. The summed E-state index contributed by atoms with van der Waals surface area (Å²) in [5, 5.41) is 6.33. The Hall–Kier alpha value is -2.73. The molecule has 1 fully saturated rings. The number of nitrogens with one attached hydrogen (secondary N) is 2. The van der Waals surface area contributed by atoms with E-state index >= 15 is 0 Å². The van der Waals surface area contributed by atoms with Crippen molar-refractivity contribution in [3.05, 3.63) is 59.1 Å². The van der Waals surface area contributed by atoms with Crippen LogP contribution in [0.4, 0.5) is 5.69 Å². The van der Waals surface area contributed by atoms with Gasteiger partial charge >= 0.3 is 0 Å². The monoisotopic (exact) mass is 401 g/mol. The second-order valence-corrected chi connectivity index (χ2v) is 6.99. The highest BCUT2D eigenvalue weighted by atomic mass is 35.5. The number of halogens is 1. The highest BCUT2D eigenvalue weighted by Crippen LogP contribution is 2.24. The zero-order chi connectivity index (χ0) is 19.8. The summed E-state index contributed by atoms with van der Waals surface area (Å²) in [6.07, 6.45) is 2.05. The summed E-state index contributed by atoms with van der Waals surface area (Å²) in [6, 6.07) is 14.5. The minimum absolute atomic E-state index is 0.0339. The summed E-state index contributed by atoms with van der Waals surface area (Å²) in [5.74, 6) is 0.545. The molecule has 2 N–H and O–H groups in total. The van der Waals surface area contributed by atoms with Crippen molar-refractivity contribution in [1.29, 1.82) is 0 Å². The molecular formula is C21H24ClN3O3. The van der Waals surface area contributed by atoms with Crippen molar-refractivity contribution in [2.45, 2.75) is 12.8 Å². The number of para-hydroxylation sites is 1. The van der Waals surface area contributed by atoms with Crippen LogP contribution in [0.1, 0.15) is 23.2 Å². The Kier molecular flexibility index (Phi) is 7.14. The fourth-order valence-electron chi connectivity index (χ4n) is 3.05. The predicted molar refractivity (Wildman–Crippen MR) is 110 cm³/mol. The fraction of sp³-hybridized carbons (Fsp3) is 0.333. The third-order valence-electron chi connectivity index (χ3n) is 4.48. The number of carbonyl (C=O) groups excluding carboxylic acids is 2. The van der Waals surface area contributed by atoms with Crippen molar-refractivity contribution in [3.8, 4) is 5.75 Å². The number of nitrogens with zero attached hydrogens (tertiary/aromatic N) is 1. The first kappa shape index (κ1) is 20.0. The van der Waals surface area contributed by atoms with Gasteiger partial charge in [-0.05, 0) is 43.2 Å². The van der Waals surface area contributed by atoms with E-state index in [1.165, 1.54) is 0 Å². The van der Waals surface area contributed by atoms with Crippen LogP contribution in [0.3, 0.4) is 0 Å². The second kappa shape index (κ2) is 9.99. The number of ether oxygens (including phenoxy) is 1. The summed E-state index contributed by atoms with van der Waals surface area (Å²) >= 11 is 6.08. The third kappa shape index (κ3) is 5.63. The molecule has 1 aliphatic heterocycles. The van der Waals surface area contributed by atoms with Crippen LogP contribution in [-0.2, 0) is 4.79 Å². The van der Waals surface area contributed by atoms with E-state index in [9.17, 15) is 9.59 Å². The first-order valence-corrected chi connectivity index (χ1v) is 9.78. The minimum atomic E-state index is -0.184. The van der Waals surface area contributed by atoms with Gasteiger partial charge in [-0.25, -0.2) is 0 Å². The van der Waals surface area contributed by atoms with Crippen LogP contribution >= 0.6 is 11.6 Å². The van der Waals surface area contributed by atoms with Crippen molar-refractivity contribution in [3.63, 3.8) is 0 Å². The SMILES string of the molecule is O=C(CNc1cc(Cl)ccc1C(=O)N1CCCC1)NCCOc1ccccc1. The first-order valence-electron chi connectivity index (χ1n) is 9.41. The van der Waals surface area contributed by atoms with Crippen LogP contribution in [0, 0.1) is 0 Å². The Morgan fingerprint density at radius 1 is 1.07 bits per heavy atom. The Morgan fingerprint density at radius 3 is 2.57 bits per heavy atom. The summed E-state index contributed by atoms with van der Waals surface area (Å²) in [7, 11) is 0. The maximum atomic E-state index is 12.7. The number of amides is 2. The van der Waals surface area contributed by atoms with Crippen molar-refractivity contribution < 1.29 is 14.3 Å².